The summed E-state index contributed by atoms with van der Waals surface area (Å²) in [6.45, 7) is 0.727. The van der Waals surface area contributed by atoms with Gasteiger partial charge in [-0.25, -0.2) is 15.0 Å². The van der Waals surface area contributed by atoms with Crippen LogP contribution in [-0.4, -0.2) is 25.6 Å². The van der Waals surface area contributed by atoms with Crippen molar-refractivity contribution < 1.29 is 0 Å². The second kappa shape index (κ2) is 7.09. The Balaban J connectivity index is 1.38. The maximum Gasteiger partial charge on any atom is 0.184 e. The van der Waals surface area contributed by atoms with Crippen molar-refractivity contribution in [2.45, 2.75) is 44.7 Å². The SMILES string of the molecule is Clc1cnc2c(c1)ncn2Cc1ccc2nc(NC3CCCCC3)sc2c1. The Morgan fingerprint density at radius 3 is 2.89 bits per heavy atom. The lowest BCUT2D eigenvalue weighted by molar-refractivity contribution is 0.462. The zero-order valence-electron chi connectivity index (χ0n) is 14.9. The summed E-state index contributed by atoms with van der Waals surface area (Å²) in [5.74, 6) is 0. The molecule has 7 heteroatoms. The number of halogens is 1. The highest BCUT2D eigenvalue weighted by Gasteiger charge is 2.15. The van der Waals surface area contributed by atoms with Crippen LogP contribution in [0.5, 0.6) is 0 Å². The molecule has 0 aliphatic heterocycles. The van der Waals surface area contributed by atoms with E-state index < -0.39 is 0 Å². The zero-order chi connectivity index (χ0) is 18.2. The van der Waals surface area contributed by atoms with Crippen LogP contribution in [0.25, 0.3) is 21.4 Å². The number of nitrogens with one attached hydrogen (secondary N) is 1. The normalized spacial score (nSPS) is 15.6. The summed E-state index contributed by atoms with van der Waals surface area (Å²) in [4.78, 5) is 13.6. The molecule has 1 aliphatic rings. The van der Waals surface area contributed by atoms with Crippen molar-refractivity contribution in [3.05, 3.63) is 47.4 Å². The number of thiazole rings is 1. The van der Waals surface area contributed by atoms with Gasteiger partial charge in [-0.1, -0.05) is 48.3 Å². The quantitative estimate of drug-likeness (QED) is 0.494. The summed E-state index contributed by atoms with van der Waals surface area (Å²) in [7, 11) is 0. The lowest BCUT2D eigenvalue weighted by Crippen LogP contribution is -2.21. The molecule has 3 aromatic heterocycles. The lowest BCUT2D eigenvalue weighted by atomic mass is 9.96. The third-order valence-corrected chi connectivity index (χ3v) is 6.32. The van der Waals surface area contributed by atoms with Gasteiger partial charge in [-0.15, -0.1) is 0 Å². The second-order valence-corrected chi connectivity index (χ2v) is 8.64. The molecule has 27 heavy (non-hydrogen) atoms. The van der Waals surface area contributed by atoms with E-state index in [-0.39, 0.29) is 0 Å². The third-order valence-electron chi connectivity index (χ3n) is 5.16. The number of benzene rings is 1. The van der Waals surface area contributed by atoms with Crippen molar-refractivity contribution in [3.63, 3.8) is 0 Å². The predicted octanol–water partition coefficient (Wildman–Crippen LogP) is 5.49. The molecule has 1 N–H and O–H groups in total. The molecule has 1 aromatic carbocycles. The van der Waals surface area contributed by atoms with Gasteiger partial charge in [-0.2, -0.15) is 0 Å². The summed E-state index contributed by atoms with van der Waals surface area (Å²) in [5, 5.41) is 5.28. The number of hydrogen-bond acceptors (Lipinski definition) is 5. The number of fused-ring (bicyclic) bond motifs is 2. The van der Waals surface area contributed by atoms with Crippen LogP contribution in [0.2, 0.25) is 5.02 Å². The van der Waals surface area contributed by atoms with Crippen molar-refractivity contribution in [1.29, 1.82) is 0 Å². The Morgan fingerprint density at radius 2 is 2.00 bits per heavy atom. The number of aromatic nitrogens is 4. The Kier molecular flexibility index (Phi) is 4.45. The van der Waals surface area contributed by atoms with E-state index in [1.807, 2.05) is 12.4 Å². The summed E-state index contributed by atoms with van der Waals surface area (Å²) in [5.41, 5.74) is 3.94. The Morgan fingerprint density at radius 1 is 1.11 bits per heavy atom. The van der Waals surface area contributed by atoms with E-state index in [1.165, 1.54) is 42.4 Å². The van der Waals surface area contributed by atoms with Crippen molar-refractivity contribution in [2.24, 2.45) is 0 Å². The van der Waals surface area contributed by atoms with Gasteiger partial charge in [-0.3, -0.25) is 0 Å². The van der Waals surface area contributed by atoms with E-state index in [4.69, 9.17) is 16.6 Å². The molecule has 5 rings (SSSR count). The monoisotopic (exact) mass is 397 g/mol. The molecular formula is C20H20ClN5S. The van der Waals surface area contributed by atoms with Gasteiger partial charge in [0.2, 0.25) is 0 Å². The number of imidazole rings is 1. The number of hydrogen-bond donors (Lipinski definition) is 1. The highest BCUT2D eigenvalue weighted by atomic mass is 35.5. The summed E-state index contributed by atoms with van der Waals surface area (Å²) < 4.78 is 3.26. The number of anilines is 1. The van der Waals surface area contributed by atoms with Crippen LogP contribution in [0.3, 0.4) is 0 Å². The molecule has 1 fully saturated rings. The number of nitrogens with zero attached hydrogens (tertiary/aromatic N) is 4. The van der Waals surface area contributed by atoms with Gasteiger partial charge < -0.3 is 9.88 Å². The molecule has 0 radical (unpaired) electrons. The maximum absolute atomic E-state index is 6.00. The molecular weight excluding hydrogens is 378 g/mol. The van der Waals surface area contributed by atoms with Gasteiger partial charge in [0.25, 0.3) is 0 Å². The van der Waals surface area contributed by atoms with Gasteiger partial charge in [0, 0.05) is 12.2 Å². The lowest BCUT2D eigenvalue weighted by Gasteiger charge is -2.22. The van der Waals surface area contributed by atoms with Crippen LogP contribution < -0.4 is 5.32 Å². The minimum absolute atomic E-state index is 0.578. The van der Waals surface area contributed by atoms with Crippen molar-refractivity contribution in [1.82, 2.24) is 19.5 Å². The van der Waals surface area contributed by atoms with E-state index in [0.29, 0.717) is 11.1 Å². The number of pyridine rings is 1. The standard InChI is InChI=1S/C20H20ClN5S/c21-14-9-17-19(22-10-14)26(12-23-17)11-13-6-7-16-18(8-13)27-20(25-16)24-15-4-2-1-3-5-15/h6-10,12,15H,1-5,11H2,(H,24,25). The predicted molar refractivity (Wildman–Crippen MR) is 112 cm³/mol. The Hall–Kier alpha value is -2.18. The first kappa shape index (κ1) is 17.0. The van der Waals surface area contributed by atoms with Crippen LogP contribution in [0.1, 0.15) is 37.7 Å². The van der Waals surface area contributed by atoms with E-state index in [9.17, 15) is 0 Å². The topological polar surface area (TPSA) is 55.6 Å². The Bertz CT molecular complexity index is 1100. The molecule has 4 aromatic rings. The zero-order valence-corrected chi connectivity index (χ0v) is 16.4. The summed E-state index contributed by atoms with van der Waals surface area (Å²) in [6, 6.07) is 8.88. The van der Waals surface area contributed by atoms with E-state index in [2.05, 4.69) is 38.1 Å². The average Bonchev–Trinajstić information content (AvgIpc) is 3.25. The van der Waals surface area contributed by atoms with Gasteiger partial charge in [0.1, 0.15) is 5.52 Å². The first-order chi connectivity index (χ1) is 13.2. The van der Waals surface area contributed by atoms with Gasteiger partial charge in [0.05, 0.1) is 28.1 Å². The second-order valence-electron chi connectivity index (χ2n) is 7.17. The average molecular weight is 398 g/mol. The first-order valence-corrected chi connectivity index (χ1v) is 10.6. The van der Waals surface area contributed by atoms with Gasteiger partial charge in [-0.05, 0) is 36.6 Å². The highest BCUT2D eigenvalue weighted by Crippen LogP contribution is 2.30. The fourth-order valence-corrected chi connectivity index (χ4v) is 4.95. The molecule has 0 saturated heterocycles. The van der Waals surface area contributed by atoms with E-state index in [1.54, 1.807) is 17.5 Å². The Labute approximate surface area is 166 Å². The highest BCUT2D eigenvalue weighted by molar-refractivity contribution is 7.22. The molecule has 3 heterocycles. The van der Waals surface area contributed by atoms with Crippen molar-refractivity contribution in [2.75, 3.05) is 5.32 Å². The fourth-order valence-electron chi connectivity index (χ4n) is 3.79. The molecule has 1 aliphatic carbocycles. The summed E-state index contributed by atoms with van der Waals surface area (Å²) in [6.07, 6.45) is 10.0. The fraction of sp³-hybridized carbons (Fsp3) is 0.350. The molecule has 0 spiro atoms. The smallest absolute Gasteiger partial charge is 0.184 e. The molecule has 1 saturated carbocycles. The minimum Gasteiger partial charge on any atom is -0.359 e. The number of rotatable bonds is 4. The van der Waals surface area contributed by atoms with E-state index in [0.717, 1.165) is 28.4 Å². The first-order valence-electron chi connectivity index (χ1n) is 9.37. The van der Waals surface area contributed by atoms with Crippen LogP contribution in [-0.2, 0) is 6.54 Å². The van der Waals surface area contributed by atoms with Crippen LogP contribution in [0, 0.1) is 0 Å². The molecule has 5 nitrogen and oxygen atoms in total. The van der Waals surface area contributed by atoms with Crippen LogP contribution in [0.4, 0.5) is 5.13 Å². The van der Waals surface area contributed by atoms with Crippen LogP contribution in [0.15, 0.2) is 36.8 Å². The molecule has 0 amide bonds. The molecule has 0 unspecified atom stereocenters. The van der Waals surface area contributed by atoms with Gasteiger partial charge in [0.15, 0.2) is 10.8 Å². The van der Waals surface area contributed by atoms with Crippen molar-refractivity contribution in [3.8, 4) is 0 Å². The molecule has 138 valence electrons. The van der Waals surface area contributed by atoms with Crippen molar-refractivity contribution >= 4 is 49.4 Å². The van der Waals surface area contributed by atoms with Gasteiger partial charge >= 0.3 is 0 Å². The minimum atomic E-state index is 0.578. The van der Waals surface area contributed by atoms with E-state index >= 15 is 0 Å². The molecule has 0 atom stereocenters. The largest absolute Gasteiger partial charge is 0.359 e. The third kappa shape index (κ3) is 3.51. The molecule has 0 bridgehead atoms. The summed E-state index contributed by atoms with van der Waals surface area (Å²) >= 11 is 7.75. The maximum atomic E-state index is 6.00. The van der Waals surface area contributed by atoms with Crippen LogP contribution >= 0.6 is 22.9 Å².